The van der Waals surface area contributed by atoms with E-state index in [4.69, 9.17) is 5.11 Å². The smallest absolute Gasteiger partial charge is 0.303 e. The van der Waals surface area contributed by atoms with Crippen LogP contribution in [-0.2, 0) is 9.59 Å². The molecule has 0 radical (unpaired) electrons. The average molecular weight is 257 g/mol. The van der Waals surface area contributed by atoms with Crippen LogP contribution in [0.2, 0.25) is 0 Å². The molecule has 18 heavy (non-hydrogen) atoms. The fourth-order valence-corrected chi connectivity index (χ4v) is 2.37. The summed E-state index contributed by atoms with van der Waals surface area (Å²) in [6, 6.07) is 0. The lowest BCUT2D eigenvalue weighted by atomic mass is 9.78. The van der Waals surface area contributed by atoms with Gasteiger partial charge in [0.25, 0.3) is 0 Å². The van der Waals surface area contributed by atoms with Gasteiger partial charge in [0.05, 0.1) is 12.0 Å². The van der Waals surface area contributed by atoms with E-state index in [0.717, 1.165) is 19.3 Å². The maximum Gasteiger partial charge on any atom is 0.303 e. The second-order valence-corrected chi connectivity index (χ2v) is 5.25. The maximum absolute atomic E-state index is 11.4. The molecule has 0 aromatic heterocycles. The van der Waals surface area contributed by atoms with Crippen molar-refractivity contribution in [2.24, 2.45) is 5.92 Å². The van der Waals surface area contributed by atoms with Gasteiger partial charge in [0.1, 0.15) is 0 Å². The Morgan fingerprint density at radius 3 is 2.39 bits per heavy atom. The third-order valence-corrected chi connectivity index (χ3v) is 3.79. The summed E-state index contributed by atoms with van der Waals surface area (Å²) in [5, 5.41) is 21.4. The molecular weight excluding hydrogens is 234 g/mol. The molecule has 5 nitrogen and oxygen atoms in total. The zero-order valence-corrected chi connectivity index (χ0v) is 10.9. The number of aliphatic hydroxyl groups is 1. The van der Waals surface area contributed by atoms with Crippen LogP contribution in [0.25, 0.3) is 0 Å². The molecule has 3 N–H and O–H groups in total. The van der Waals surface area contributed by atoms with Crippen molar-refractivity contribution >= 4 is 11.9 Å². The van der Waals surface area contributed by atoms with Crippen molar-refractivity contribution in [1.82, 2.24) is 5.32 Å². The fourth-order valence-electron chi connectivity index (χ4n) is 2.37. The van der Waals surface area contributed by atoms with Gasteiger partial charge < -0.3 is 15.5 Å². The molecule has 0 bridgehead atoms. The van der Waals surface area contributed by atoms with Crippen LogP contribution in [0.4, 0.5) is 0 Å². The molecule has 104 valence electrons. The lowest BCUT2D eigenvalue weighted by molar-refractivity contribution is -0.139. The number of carboxylic acid groups (broad SMARTS) is 1. The van der Waals surface area contributed by atoms with E-state index in [0.29, 0.717) is 18.8 Å². The van der Waals surface area contributed by atoms with E-state index in [1.165, 1.54) is 0 Å². The van der Waals surface area contributed by atoms with E-state index >= 15 is 0 Å². The molecule has 1 fully saturated rings. The normalized spacial score (nSPS) is 27.8. The Balaban J connectivity index is 2.26. The van der Waals surface area contributed by atoms with E-state index in [2.05, 4.69) is 12.2 Å². The molecule has 0 spiro atoms. The summed E-state index contributed by atoms with van der Waals surface area (Å²) in [6.45, 7) is 2.39. The first-order valence-corrected chi connectivity index (χ1v) is 6.66. The van der Waals surface area contributed by atoms with Gasteiger partial charge in [0.2, 0.25) is 5.91 Å². The van der Waals surface area contributed by atoms with Crippen LogP contribution in [0.15, 0.2) is 0 Å². The molecule has 1 rings (SSSR count). The molecule has 0 aromatic rings. The van der Waals surface area contributed by atoms with Crippen molar-refractivity contribution in [2.75, 3.05) is 6.54 Å². The highest BCUT2D eigenvalue weighted by Gasteiger charge is 2.32. The van der Waals surface area contributed by atoms with E-state index < -0.39 is 11.6 Å². The highest BCUT2D eigenvalue weighted by molar-refractivity contribution is 5.80. The largest absolute Gasteiger partial charge is 0.481 e. The van der Waals surface area contributed by atoms with Gasteiger partial charge in [-0.25, -0.2) is 0 Å². The van der Waals surface area contributed by atoms with Crippen LogP contribution >= 0.6 is 0 Å². The summed E-state index contributed by atoms with van der Waals surface area (Å²) in [4.78, 5) is 21.7. The highest BCUT2D eigenvalue weighted by Crippen LogP contribution is 2.33. The van der Waals surface area contributed by atoms with Crippen molar-refractivity contribution < 1.29 is 19.8 Å². The number of rotatable bonds is 6. The molecule has 0 heterocycles. The summed E-state index contributed by atoms with van der Waals surface area (Å²) < 4.78 is 0. The Morgan fingerprint density at radius 2 is 1.89 bits per heavy atom. The van der Waals surface area contributed by atoms with Crippen molar-refractivity contribution in [3.63, 3.8) is 0 Å². The summed E-state index contributed by atoms with van der Waals surface area (Å²) in [7, 11) is 0. The first kappa shape index (κ1) is 15.0. The molecule has 0 aliphatic heterocycles. The van der Waals surface area contributed by atoms with Crippen LogP contribution in [0.1, 0.15) is 51.9 Å². The van der Waals surface area contributed by atoms with Gasteiger partial charge >= 0.3 is 5.97 Å². The molecule has 1 amide bonds. The van der Waals surface area contributed by atoms with Crippen LogP contribution in [-0.4, -0.2) is 34.2 Å². The number of carbonyl (C=O) groups is 2. The van der Waals surface area contributed by atoms with Gasteiger partial charge in [-0.2, -0.15) is 0 Å². The predicted octanol–water partition coefficient (Wildman–Crippen LogP) is 1.30. The van der Waals surface area contributed by atoms with E-state index in [-0.39, 0.29) is 25.3 Å². The number of carbonyl (C=O) groups excluding carboxylic acids is 1. The molecule has 0 atom stereocenters. The third kappa shape index (κ3) is 5.04. The van der Waals surface area contributed by atoms with Crippen LogP contribution in [0, 0.1) is 5.92 Å². The van der Waals surface area contributed by atoms with Gasteiger partial charge in [0, 0.05) is 13.0 Å². The molecule has 0 unspecified atom stereocenters. The molecule has 1 aliphatic rings. The lowest BCUT2D eigenvalue weighted by Gasteiger charge is -2.35. The Morgan fingerprint density at radius 1 is 1.28 bits per heavy atom. The number of amides is 1. The van der Waals surface area contributed by atoms with Crippen molar-refractivity contribution in [3.05, 3.63) is 0 Å². The topological polar surface area (TPSA) is 86.6 Å². The summed E-state index contributed by atoms with van der Waals surface area (Å²) in [5.74, 6) is -0.594. The average Bonchev–Trinajstić information content (AvgIpc) is 2.35. The minimum Gasteiger partial charge on any atom is -0.481 e. The van der Waals surface area contributed by atoms with Crippen molar-refractivity contribution in [3.8, 4) is 0 Å². The fraction of sp³-hybridized carbons (Fsp3) is 0.846. The molecule has 1 saturated carbocycles. The minimum atomic E-state index is -0.979. The number of hydrogen-bond acceptors (Lipinski definition) is 3. The van der Waals surface area contributed by atoms with Gasteiger partial charge in [-0.3, -0.25) is 9.59 Å². The SMILES string of the molecule is CCC1CCC(O)(CNC(=O)CCC(=O)O)CC1. The number of hydrogen-bond donors (Lipinski definition) is 3. The highest BCUT2D eigenvalue weighted by atomic mass is 16.4. The lowest BCUT2D eigenvalue weighted by Crippen LogP contribution is -2.45. The zero-order chi connectivity index (χ0) is 13.6. The van der Waals surface area contributed by atoms with Crippen LogP contribution in [0.5, 0.6) is 0 Å². The van der Waals surface area contributed by atoms with Crippen molar-refractivity contribution in [1.29, 1.82) is 0 Å². The second-order valence-electron chi connectivity index (χ2n) is 5.25. The first-order valence-electron chi connectivity index (χ1n) is 6.66. The van der Waals surface area contributed by atoms with E-state index in [9.17, 15) is 14.7 Å². The molecule has 5 heteroatoms. The molecule has 1 aliphatic carbocycles. The van der Waals surface area contributed by atoms with Gasteiger partial charge in [-0.15, -0.1) is 0 Å². The van der Waals surface area contributed by atoms with Crippen LogP contribution < -0.4 is 5.32 Å². The van der Waals surface area contributed by atoms with E-state index in [1.54, 1.807) is 0 Å². The minimum absolute atomic E-state index is 0.0248. The Labute approximate surface area is 108 Å². The Kier molecular flexibility index (Phi) is 5.59. The molecule has 0 saturated heterocycles. The van der Waals surface area contributed by atoms with E-state index in [1.807, 2.05) is 0 Å². The van der Waals surface area contributed by atoms with Crippen LogP contribution in [0.3, 0.4) is 0 Å². The predicted molar refractivity (Wildman–Crippen MR) is 67.1 cm³/mol. The Bertz CT molecular complexity index is 295. The van der Waals surface area contributed by atoms with Crippen molar-refractivity contribution in [2.45, 2.75) is 57.5 Å². The third-order valence-electron chi connectivity index (χ3n) is 3.79. The first-order chi connectivity index (χ1) is 8.45. The molecular formula is C13H23NO4. The monoisotopic (exact) mass is 257 g/mol. The quantitative estimate of drug-likeness (QED) is 0.669. The number of aliphatic carboxylic acids is 1. The standard InChI is InChI=1S/C13H23NO4/c1-2-10-5-7-13(18,8-6-10)9-14-11(15)3-4-12(16)17/h10,18H,2-9H2,1H3,(H,14,15)(H,16,17). The van der Waals surface area contributed by atoms with Gasteiger partial charge in [-0.1, -0.05) is 13.3 Å². The maximum atomic E-state index is 11.4. The van der Waals surface area contributed by atoms with Gasteiger partial charge in [-0.05, 0) is 31.6 Å². The Hall–Kier alpha value is -1.10. The molecule has 0 aromatic carbocycles. The number of carboxylic acids is 1. The summed E-state index contributed by atoms with van der Waals surface area (Å²) in [6.07, 6.45) is 4.37. The zero-order valence-electron chi connectivity index (χ0n) is 10.9. The second kappa shape index (κ2) is 6.73. The van der Waals surface area contributed by atoms with Gasteiger partial charge in [0.15, 0.2) is 0 Å². The summed E-state index contributed by atoms with van der Waals surface area (Å²) in [5.41, 5.74) is -0.801. The summed E-state index contributed by atoms with van der Waals surface area (Å²) >= 11 is 0. The number of nitrogens with one attached hydrogen (secondary N) is 1.